The molecule has 3 heteroatoms. The van der Waals surface area contributed by atoms with Crippen molar-refractivity contribution in [1.82, 2.24) is 15.1 Å². The van der Waals surface area contributed by atoms with Crippen molar-refractivity contribution in [2.24, 2.45) is 5.92 Å². The number of hydrogen-bond acceptors (Lipinski definition) is 3. The van der Waals surface area contributed by atoms with Gasteiger partial charge in [-0.3, -0.25) is 4.90 Å². The van der Waals surface area contributed by atoms with Crippen molar-refractivity contribution >= 4 is 0 Å². The van der Waals surface area contributed by atoms with Crippen LogP contribution in [0.4, 0.5) is 0 Å². The molecule has 0 aromatic carbocycles. The zero-order valence-electron chi connectivity index (χ0n) is 11.0. The smallest absolute Gasteiger partial charge is 0.0265 e. The van der Waals surface area contributed by atoms with Crippen molar-refractivity contribution in [3.63, 3.8) is 0 Å². The van der Waals surface area contributed by atoms with E-state index in [1.54, 1.807) is 0 Å². The molecule has 0 spiro atoms. The van der Waals surface area contributed by atoms with Gasteiger partial charge in [0.25, 0.3) is 0 Å². The third-order valence-corrected chi connectivity index (χ3v) is 3.50. The monoisotopic (exact) mass is 213 g/mol. The fraction of sp³-hybridized carbons (Fsp3) is 1.00. The summed E-state index contributed by atoms with van der Waals surface area (Å²) in [7, 11) is 4.40. The summed E-state index contributed by atoms with van der Waals surface area (Å²) in [5, 5.41) is 3.41. The van der Waals surface area contributed by atoms with E-state index in [2.05, 4.69) is 50.0 Å². The topological polar surface area (TPSA) is 18.5 Å². The summed E-state index contributed by atoms with van der Waals surface area (Å²) in [5.41, 5.74) is 0. The van der Waals surface area contributed by atoms with Crippen LogP contribution < -0.4 is 5.32 Å². The van der Waals surface area contributed by atoms with E-state index in [4.69, 9.17) is 0 Å². The highest BCUT2D eigenvalue weighted by Gasteiger charge is 2.28. The summed E-state index contributed by atoms with van der Waals surface area (Å²) in [4.78, 5) is 4.98. The third kappa shape index (κ3) is 3.44. The summed E-state index contributed by atoms with van der Waals surface area (Å²) in [6.45, 7) is 11.7. The molecule has 0 bridgehead atoms. The standard InChI is InChI=1S/C12H27N3/c1-10(2)12(14(4)5)11(3)15-8-6-13-7-9-15/h10-13H,6-9H2,1-5H3. The SMILES string of the molecule is CC(C)C(C(C)N1CCNCC1)N(C)C. The van der Waals surface area contributed by atoms with E-state index in [1.165, 1.54) is 13.1 Å². The number of likely N-dealkylation sites (N-methyl/N-ethyl adjacent to an activating group) is 1. The van der Waals surface area contributed by atoms with Crippen molar-refractivity contribution in [3.05, 3.63) is 0 Å². The van der Waals surface area contributed by atoms with Gasteiger partial charge >= 0.3 is 0 Å². The maximum Gasteiger partial charge on any atom is 0.0265 e. The Kier molecular flexibility index (Phi) is 5.03. The van der Waals surface area contributed by atoms with Crippen molar-refractivity contribution in [2.45, 2.75) is 32.9 Å². The van der Waals surface area contributed by atoms with E-state index in [0.717, 1.165) is 13.1 Å². The molecular weight excluding hydrogens is 186 g/mol. The molecule has 1 heterocycles. The molecule has 90 valence electrons. The molecule has 0 aromatic rings. The van der Waals surface area contributed by atoms with Crippen LogP contribution in [0.25, 0.3) is 0 Å². The summed E-state index contributed by atoms with van der Waals surface area (Å²) < 4.78 is 0. The van der Waals surface area contributed by atoms with Gasteiger partial charge in [0.15, 0.2) is 0 Å². The highest BCUT2D eigenvalue weighted by Crippen LogP contribution is 2.17. The van der Waals surface area contributed by atoms with Gasteiger partial charge in [-0.1, -0.05) is 13.8 Å². The van der Waals surface area contributed by atoms with Crippen molar-refractivity contribution in [1.29, 1.82) is 0 Å². The Morgan fingerprint density at radius 2 is 1.60 bits per heavy atom. The van der Waals surface area contributed by atoms with E-state index in [0.29, 0.717) is 18.0 Å². The minimum Gasteiger partial charge on any atom is -0.314 e. The van der Waals surface area contributed by atoms with Gasteiger partial charge in [-0.15, -0.1) is 0 Å². The van der Waals surface area contributed by atoms with Crippen molar-refractivity contribution in [2.75, 3.05) is 40.3 Å². The number of hydrogen-bond donors (Lipinski definition) is 1. The number of rotatable bonds is 4. The number of piperazine rings is 1. The van der Waals surface area contributed by atoms with Gasteiger partial charge in [-0.25, -0.2) is 0 Å². The molecule has 0 radical (unpaired) electrons. The highest BCUT2D eigenvalue weighted by molar-refractivity contribution is 4.85. The van der Waals surface area contributed by atoms with Crippen molar-refractivity contribution in [3.8, 4) is 0 Å². The molecule has 15 heavy (non-hydrogen) atoms. The second-order valence-electron chi connectivity index (χ2n) is 5.22. The van der Waals surface area contributed by atoms with E-state index in [9.17, 15) is 0 Å². The van der Waals surface area contributed by atoms with Gasteiger partial charge in [0.1, 0.15) is 0 Å². The van der Waals surface area contributed by atoms with Gasteiger partial charge in [-0.05, 0) is 26.9 Å². The van der Waals surface area contributed by atoms with Crippen LogP contribution in [0.5, 0.6) is 0 Å². The van der Waals surface area contributed by atoms with Crippen LogP contribution in [0.2, 0.25) is 0 Å². The molecule has 1 N–H and O–H groups in total. The summed E-state index contributed by atoms with van der Waals surface area (Å²) in [6, 6.07) is 1.31. The van der Waals surface area contributed by atoms with E-state index in [-0.39, 0.29) is 0 Å². The van der Waals surface area contributed by atoms with E-state index < -0.39 is 0 Å². The van der Waals surface area contributed by atoms with E-state index >= 15 is 0 Å². The van der Waals surface area contributed by atoms with Crippen LogP contribution >= 0.6 is 0 Å². The average Bonchev–Trinajstić information content (AvgIpc) is 2.18. The van der Waals surface area contributed by atoms with Crippen LogP contribution in [0.1, 0.15) is 20.8 Å². The van der Waals surface area contributed by atoms with Crippen LogP contribution in [-0.2, 0) is 0 Å². The number of nitrogens with zero attached hydrogens (tertiary/aromatic N) is 2. The maximum atomic E-state index is 3.41. The molecule has 3 nitrogen and oxygen atoms in total. The lowest BCUT2D eigenvalue weighted by Crippen LogP contribution is -2.55. The summed E-state index contributed by atoms with van der Waals surface area (Å²) >= 11 is 0. The van der Waals surface area contributed by atoms with E-state index in [1.807, 2.05) is 0 Å². The minimum atomic E-state index is 0.655. The Balaban J connectivity index is 2.57. The zero-order chi connectivity index (χ0) is 11.4. The fourth-order valence-corrected chi connectivity index (χ4v) is 2.89. The molecule has 1 aliphatic heterocycles. The minimum absolute atomic E-state index is 0.655. The molecule has 2 atom stereocenters. The molecule has 1 aliphatic rings. The Morgan fingerprint density at radius 1 is 1.07 bits per heavy atom. The first-order valence-electron chi connectivity index (χ1n) is 6.15. The van der Waals surface area contributed by atoms with Gasteiger partial charge in [0.05, 0.1) is 0 Å². The Labute approximate surface area is 94.8 Å². The Hall–Kier alpha value is -0.120. The first-order chi connectivity index (χ1) is 7.04. The molecule has 1 fully saturated rings. The first kappa shape index (κ1) is 12.9. The maximum absolute atomic E-state index is 3.41. The lowest BCUT2D eigenvalue weighted by molar-refractivity contribution is 0.0812. The molecule has 1 rings (SSSR count). The van der Waals surface area contributed by atoms with Crippen LogP contribution in [-0.4, -0.2) is 62.2 Å². The molecule has 0 aromatic heterocycles. The lowest BCUT2D eigenvalue weighted by atomic mass is 9.95. The Morgan fingerprint density at radius 3 is 2.00 bits per heavy atom. The van der Waals surface area contributed by atoms with Gasteiger partial charge in [0, 0.05) is 38.3 Å². The van der Waals surface area contributed by atoms with Crippen LogP contribution in [0.3, 0.4) is 0 Å². The third-order valence-electron chi connectivity index (χ3n) is 3.50. The lowest BCUT2D eigenvalue weighted by Gasteiger charge is -2.41. The second kappa shape index (κ2) is 5.83. The van der Waals surface area contributed by atoms with Gasteiger partial charge in [-0.2, -0.15) is 0 Å². The van der Waals surface area contributed by atoms with Crippen LogP contribution in [0.15, 0.2) is 0 Å². The predicted octanol–water partition coefficient (Wildman–Crippen LogP) is 0.866. The molecular formula is C12H27N3. The Bertz CT molecular complexity index is 166. The normalized spacial score (nSPS) is 23.4. The van der Waals surface area contributed by atoms with Crippen LogP contribution in [0, 0.1) is 5.92 Å². The average molecular weight is 213 g/mol. The fourth-order valence-electron chi connectivity index (χ4n) is 2.89. The molecule has 2 unspecified atom stereocenters. The highest BCUT2D eigenvalue weighted by atomic mass is 15.3. The van der Waals surface area contributed by atoms with Crippen molar-refractivity contribution < 1.29 is 0 Å². The van der Waals surface area contributed by atoms with Gasteiger partial charge < -0.3 is 10.2 Å². The molecule has 0 aliphatic carbocycles. The number of nitrogens with one attached hydrogen (secondary N) is 1. The molecule has 1 saturated heterocycles. The summed E-state index contributed by atoms with van der Waals surface area (Å²) in [5.74, 6) is 0.713. The summed E-state index contributed by atoms with van der Waals surface area (Å²) in [6.07, 6.45) is 0. The van der Waals surface area contributed by atoms with Gasteiger partial charge in [0.2, 0.25) is 0 Å². The largest absolute Gasteiger partial charge is 0.314 e. The molecule has 0 saturated carbocycles. The second-order valence-corrected chi connectivity index (χ2v) is 5.22. The zero-order valence-corrected chi connectivity index (χ0v) is 11.0. The quantitative estimate of drug-likeness (QED) is 0.747. The predicted molar refractivity (Wildman–Crippen MR) is 66.2 cm³/mol. The first-order valence-corrected chi connectivity index (χ1v) is 6.15. The molecule has 0 amide bonds.